The highest BCUT2D eigenvalue weighted by Gasteiger charge is 2.31. The number of alkyl halides is 3. The van der Waals surface area contributed by atoms with Gasteiger partial charge < -0.3 is 4.74 Å². The van der Waals surface area contributed by atoms with Crippen LogP contribution in [-0.2, 0) is 10.9 Å². The van der Waals surface area contributed by atoms with Gasteiger partial charge in [0.1, 0.15) is 0 Å². The number of ether oxygens (including phenoxy) is 1. The highest BCUT2D eigenvalue weighted by molar-refractivity contribution is 5.27. The fourth-order valence-corrected chi connectivity index (χ4v) is 1.92. The number of rotatable bonds is 1. The summed E-state index contributed by atoms with van der Waals surface area (Å²) in [6.45, 7) is 0.640. The number of hydrogen-bond acceptors (Lipinski definition) is 1. The smallest absolute Gasteiger partial charge is 0.374 e. The average Bonchev–Trinajstić information content (AvgIpc) is 2.29. The Balaban J connectivity index is 2.21. The van der Waals surface area contributed by atoms with Gasteiger partial charge in [0.2, 0.25) is 0 Å². The molecule has 0 N–H and O–H groups in total. The molecule has 2 rings (SSSR count). The lowest BCUT2D eigenvalue weighted by Crippen LogP contribution is -2.13. The highest BCUT2D eigenvalue weighted by Crippen LogP contribution is 2.33. The minimum atomic E-state index is -4.27. The molecule has 1 atom stereocenters. The zero-order chi connectivity index (χ0) is 11.6. The van der Waals surface area contributed by atoms with Gasteiger partial charge in [-0.25, -0.2) is 0 Å². The molecule has 1 nitrogen and oxygen atoms in total. The van der Waals surface area contributed by atoms with Crippen molar-refractivity contribution in [1.82, 2.24) is 0 Å². The van der Waals surface area contributed by atoms with Crippen molar-refractivity contribution in [3.05, 3.63) is 35.4 Å². The largest absolute Gasteiger partial charge is 0.416 e. The summed E-state index contributed by atoms with van der Waals surface area (Å²) in [5, 5.41) is 0. The van der Waals surface area contributed by atoms with E-state index in [2.05, 4.69) is 0 Å². The van der Waals surface area contributed by atoms with Crippen LogP contribution in [0.5, 0.6) is 0 Å². The summed E-state index contributed by atoms with van der Waals surface area (Å²) >= 11 is 0. The maximum atomic E-state index is 12.5. The van der Waals surface area contributed by atoms with Crippen molar-refractivity contribution in [2.24, 2.45) is 0 Å². The second kappa shape index (κ2) is 4.45. The quantitative estimate of drug-likeness (QED) is 0.709. The van der Waals surface area contributed by atoms with E-state index in [0.29, 0.717) is 12.2 Å². The molecule has 1 aromatic carbocycles. The van der Waals surface area contributed by atoms with Crippen molar-refractivity contribution in [1.29, 1.82) is 0 Å². The van der Waals surface area contributed by atoms with E-state index in [1.54, 1.807) is 6.07 Å². The number of hydrogen-bond donors (Lipinski definition) is 0. The molecule has 0 bridgehead atoms. The first-order valence-electron chi connectivity index (χ1n) is 5.36. The standard InChI is InChI=1S/C12H13F3O/c13-12(14,15)10-5-3-4-9(8-10)11-6-1-2-7-16-11/h3-5,8,11H,1-2,6-7H2/t11-/m1/s1. The van der Waals surface area contributed by atoms with E-state index in [0.717, 1.165) is 25.3 Å². The molecule has 1 heterocycles. The van der Waals surface area contributed by atoms with E-state index in [1.807, 2.05) is 0 Å². The van der Waals surface area contributed by atoms with Crippen LogP contribution in [0.2, 0.25) is 0 Å². The summed E-state index contributed by atoms with van der Waals surface area (Å²) in [5.41, 5.74) is 0.0358. The Hall–Kier alpha value is -1.03. The third kappa shape index (κ3) is 2.55. The zero-order valence-corrected chi connectivity index (χ0v) is 8.76. The van der Waals surface area contributed by atoms with Crippen LogP contribution in [0, 0.1) is 0 Å². The van der Waals surface area contributed by atoms with E-state index >= 15 is 0 Å². The molecule has 0 amide bonds. The Bertz CT molecular complexity index is 354. The zero-order valence-electron chi connectivity index (χ0n) is 8.76. The lowest BCUT2D eigenvalue weighted by atomic mass is 9.99. The van der Waals surface area contributed by atoms with Crippen LogP contribution in [0.15, 0.2) is 24.3 Å². The van der Waals surface area contributed by atoms with Gasteiger partial charge in [0.05, 0.1) is 11.7 Å². The third-order valence-electron chi connectivity index (χ3n) is 2.77. The first kappa shape index (κ1) is 11.5. The Morgan fingerprint density at radius 1 is 1.19 bits per heavy atom. The Labute approximate surface area is 92.2 Å². The van der Waals surface area contributed by atoms with Crippen molar-refractivity contribution >= 4 is 0 Å². The Morgan fingerprint density at radius 3 is 2.62 bits per heavy atom. The maximum absolute atomic E-state index is 12.5. The third-order valence-corrected chi connectivity index (χ3v) is 2.77. The molecule has 0 saturated carbocycles. The molecule has 1 aromatic rings. The second-order valence-corrected chi connectivity index (χ2v) is 3.98. The molecule has 0 spiro atoms. The fourth-order valence-electron chi connectivity index (χ4n) is 1.92. The summed E-state index contributed by atoms with van der Waals surface area (Å²) in [7, 11) is 0. The van der Waals surface area contributed by atoms with E-state index in [4.69, 9.17) is 4.74 Å². The molecule has 0 aromatic heterocycles. The average molecular weight is 230 g/mol. The molecule has 88 valence electrons. The predicted molar refractivity (Wildman–Crippen MR) is 54.0 cm³/mol. The summed E-state index contributed by atoms with van der Waals surface area (Å²) in [6, 6.07) is 5.42. The van der Waals surface area contributed by atoms with Gasteiger partial charge in [-0.15, -0.1) is 0 Å². The van der Waals surface area contributed by atoms with Crippen LogP contribution < -0.4 is 0 Å². The molecule has 1 saturated heterocycles. The van der Waals surface area contributed by atoms with Crippen molar-refractivity contribution in [2.45, 2.75) is 31.5 Å². The molecular formula is C12H13F3O. The minimum absolute atomic E-state index is 0.170. The van der Waals surface area contributed by atoms with Crippen LogP contribution in [-0.4, -0.2) is 6.61 Å². The van der Waals surface area contributed by atoms with E-state index < -0.39 is 11.7 Å². The van der Waals surface area contributed by atoms with Gasteiger partial charge in [-0.3, -0.25) is 0 Å². The predicted octanol–water partition coefficient (Wildman–Crippen LogP) is 3.95. The molecule has 0 unspecified atom stereocenters. The molecule has 0 aliphatic carbocycles. The van der Waals surface area contributed by atoms with Gasteiger partial charge in [0, 0.05) is 6.61 Å². The van der Waals surface area contributed by atoms with Crippen molar-refractivity contribution in [3.8, 4) is 0 Å². The lowest BCUT2D eigenvalue weighted by molar-refractivity contribution is -0.137. The van der Waals surface area contributed by atoms with Crippen molar-refractivity contribution < 1.29 is 17.9 Å². The summed E-state index contributed by atoms with van der Waals surface area (Å²) in [6.07, 6.45) is -1.63. The normalized spacial score (nSPS) is 22.1. The van der Waals surface area contributed by atoms with E-state index in [-0.39, 0.29) is 6.10 Å². The molecule has 4 heteroatoms. The second-order valence-electron chi connectivity index (χ2n) is 3.98. The monoisotopic (exact) mass is 230 g/mol. The van der Waals surface area contributed by atoms with Gasteiger partial charge in [0.15, 0.2) is 0 Å². The Kier molecular flexibility index (Phi) is 3.19. The Morgan fingerprint density at radius 2 is 2.00 bits per heavy atom. The molecule has 1 aliphatic heterocycles. The topological polar surface area (TPSA) is 9.23 Å². The molecule has 16 heavy (non-hydrogen) atoms. The van der Waals surface area contributed by atoms with Crippen LogP contribution in [0.25, 0.3) is 0 Å². The summed E-state index contributed by atoms with van der Waals surface area (Å²) < 4.78 is 42.9. The molecule has 0 radical (unpaired) electrons. The van der Waals surface area contributed by atoms with Crippen molar-refractivity contribution in [2.75, 3.05) is 6.61 Å². The van der Waals surface area contributed by atoms with Gasteiger partial charge in [0.25, 0.3) is 0 Å². The first-order chi connectivity index (χ1) is 7.57. The van der Waals surface area contributed by atoms with E-state index in [1.165, 1.54) is 12.1 Å². The maximum Gasteiger partial charge on any atom is 0.416 e. The van der Waals surface area contributed by atoms with Crippen molar-refractivity contribution in [3.63, 3.8) is 0 Å². The molecule has 1 aliphatic rings. The van der Waals surface area contributed by atoms with Crippen LogP contribution in [0.3, 0.4) is 0 Å². The van der Waals surface area contributed by atoms with Gasteiger partial charge in [-0.2, -0.15) is 13.2 Å². The SMILES string of the molecule is FC(F)(F)c1cccc([C@H]2CCCCO2)c1. The fraction of sp³-hybridized carbons (Fsp3) is 0.500. The number of benzene rings is 1. The van der Waals surface area contributed by atoms with Crippen LogP contribution in [0.4, 0.5) is 13.2 Å². The van der Waals surface area contributed by atoms with Gasteiger partial charge in [-0.1, -0.05) is 12.1 Å². The van der Waals surface area contributed by atoms with Crippen LogP contribution in [0.1, 0.15) is 36.5 Å². The summed E-state index contributed by atoms with van der Waals surface area (Å²) in [5.74, 6) is 0. The first-order valence-corrected chi connectivity index (χ1v) is 5.36. The van der Waals surface area contributed by atoms with Crippen LogP contribution >= 0.6 is 0 Å². The minimum Gasteiger partial charge on any atom is -0.374 e. The van der Waals surface area contributed by atoms with Gasteiger partial charge >= 0.3 is 6.18 Å². The molecular weight excluding hydrogens is 217 g/mol. The summed E-state index contributed by atoms with van der Waals surface area (Å²) in [4.78, 5) is 0. The molecule has 1 fully saturated rings. The van der Waals surface area contributed by atoms with E-state index in [9.17, 15) is 13.2 Å². The lowest BCUT2D eigenvalue weighted by Gasteiger charge is -2.23. The highest BCUT2D eigenvalue weighted by atomic mass is 19.4. The number of halogens is 3. The van der Waals surface area contributed by atoms with Gasteiger partial charge in [-0.05, 0) is 37.0 Å².